The van der Waals surface area contributed by atoms with E-state index >= 15 is 0 Å². The summed E-state index contributed by atoms with van der Waals surface area (Å²) < 4.78 is 1.31. The summed E-state index contributed by atoms with van der Waals surface area (Å²) in [6.45, 7) is 0.866. The van der Waals surface area contributed by atoms with Crippen LogP contribution in [-0.4, -0.2) is 29.1 Å². The van der Waals surface area contributed by atoms with E-state index in [9.17, 15) is 0 Å². The molecular weight excluding hydrogens is 408 g/mol. The first-order valence-corrected chi connectivity index (χ1v) is 3.78. The molecular formula is C3H11Br3NSn. The Hall–Kier alpha value is 2.20. The minimum absolute atomic E-state index is 0. The van der Waals surface area contributed by atoms with E-state index in [2.05, 4.69) is 0 Å². The van der Waals surface area contributed by atoms with Gasteiger partial charge in [-0.15, -0.1) is 50.9 Å². The Kier molecular flexibility index (Phi) is 64.2. The Bertz CT molecular complexity index is 22.0. The van der Waals surface area contributed by atoms with Gasteiger partial charge in [0.25, 0.3) is 0 Å². The van der Waals surface area contributed by atoms with Gasteiger partial charge in [0, 0.05) is 0 Å². The summed E-state index contributed by atoms with van der Waals surface area (Å²) in [5, 5.41) is 0. The maximum absolute atomic E-state index is 5.15. The fraction of sp³-hybridized carbons (Fsp3) is 1.00. The first kappa shape index (κ1) is 22.5. The molecule has 0 aliphatic heterocycles. The summed E-state index contributed by atoms with van der Waals surface area (Å²) in [7, 11) is 0. The SMILES string of the molecule is Br.Br.Br.NCC[CH2][Sn]. The van der Waals surface area contributed by atoms with E-state index < -0.39 is 0 Å². The molecule has 0 aliphatic rings. The summed E-state index contributed by atoms with van der Waals surface area (Å²) in [5.41, 5.74) is 5.15. The summed E-state index contributed by atoms with van der Waals surface area (Å²) in [6.07, 6.45) is 1.21. The van der Waals surface area contributed by atoms with E-state index in [1.807, 2.05) is 0 Å². The molecule has 0 atom stereocenters. The van der Waals surface area contributed by atoms with Crippen molar-refractivity contribution in [2.45, 2.75) is 10.9 Å². The van der Waals surface area contributed by atoms with Gasteiger partial charge in [-0.05, 0) is 0 Å². The molecule has 53 valence electrons. The zero-order valence-corrected chi connectivity index (χ0v) is 12.4. The van der Waals surface area contributed by atoms with Crippen LogP contribution < -0.4 is 5.73 Å². The standard InChI is InChI=1S/C3H8N.3BrH.Sn/c1-2-3-4;;;;/h1-4H2;3*1H;. The molecule has 0 aliphatic carbocycles. The fourth-order valence-corrected chi connectivity index (χ4v) is 0.685. The first-order valence-electron chi connectivity index (χ1n) is 1.76. The van der Waals surface area contributed by atoms with E-state index in [1.54, 1.807) is 22.5 Å². The molecule has 0 aromatic heterocycles. The minimum atomic E-state index is 0. The number of hydrogen-bond donors (Lipinski definition) is 1. The van der Waals surface area contributed by atoms with E-state index in [-0.39, 0.29) is 50.9 Å². The second-order valence-electron chi connectivity index (χ2n) is 0.892. The van der Waals surface area contributed by atoms with E-state index in [0.29, 0.717) is 0 Å². The van der Waals surface area contributed by atoms with Crippen LogP contribution in [0.1, 0.15) is 6.42 Å². The average molecular weight is 420 g/mol. The van der Waals surface area contributed by atoms with Crippen LogP contribution in [0.15, 0.2) is 0 Å². The van der Waals surface area contributed by atoms with Gasteiger partial charge in [0.2, 0.25) is 0 Å². The third-order valence-electron chi connectivity index (χ3n) is 0.381. The Morgan fingerprint density at radius 1 is 1.12 bits per heavy atom. The van der Waals surface area contributed by atoms with Gasteiger partial charge in [-0.3, -0.25) is 0 Å². The average Bonchev–Trinajstić information content (AvgIpc) is 1.41. The molecule has 0 unspecified atom stereocenters. The molecule has 3 radical (unpaired) electrons. The van der Waals surface area contributed by atoms with Crippen molar-refractivity contribution in [2.75, 3.05) is 6.54 Å². The van der Waals surface area contributed by atoms with Crippen LogP contribution in [-0.2, 0) is 0 Å². The van der Waals surface area contributed by atoms with Gasteiger partial charge < -0.3 is 0 Å². The Morgan fingerprint density at radius 2 is 1.50 bits per heavy atom. The maximum atomic E-state index is 5.15. The zero-order chi connectivity index (χ0) is 4.12. The molecule has 0 saturated heterocycles. The van der Waals surface area contributed by atoms with Gasteiger partial charge in [-0.25, -0.2) is 0 Å². The summed E-state index contributed by atoms with van der Waals surface area (Å²) in [5.74, 6) is 0. The normalized spacial score (nSPS) is 5.25. The Morgan fingerprint density at radius 3 is 1.50 bits per heavy atom. The van der Waals surface area contributed by atoms with E-state index in [1.165, 1.54) is 10.9 Å². The molecule has 1 nitrogen and oxygen atoms in total. The molecule has 5 heteroatoms. The molecule has 0 aromatic rings. The molecule has 8 heavy (non-hydrogen) atoms. The van der Waals surface area contributed by atoms with E-state index in [4.69, 9.17) is 5.73 Å². The number of halogens is 3. The van der Waals surface area contributed by atoms with E-state index in [0.717, 1.165) is 6.54 Å². The molecule has 0 saturated carbocycles. The van der Waals surface area contributed by atoms with Crippen LogP contribution >= 0.6 is 50.9 Å². The van der Waals surface area contributed by atoms with Crippen molar-refractivity contribution in [3.05, 3.63) is 0 Å². The monoisotopic (exact) mass is 418 g/mol. The second-order valence-corrected chi connectivity index (χ2v) is 2.32. The Labute approximate surface area is 95.6 Å². The predicted octanol–water partition coefficient (Wildman–Crippen LogP) is 1.66. The van der Waals surface area contributed by atoms with Gasteiger partial charge in [-0.1, -0.05) is 0 Å². The predicted molar refractivity (Wildman–Crippen MR) is 55.2 cm³/mol. The van der Waals surface area contributed by atoms with Crippen LogP contribution in [0.25, 0.3) is 0 Å². The Balaban J connectivity index is -0.0000000267. The third kappa shape index (κ3) is 24.1. The second kappa shape index (κ2) is 22.9. The van der Waals surface area contributed by atoms with Crippen LogP contribution in [0, 0.1) is 0 Å². The quantitative estimate of drug-likeness (QED) is 0.677. The molecule has 0 rings (SSSR count). The topological polar surface area (TPSA) is 26.0 Å². The molecule has 0 amide bonds. The fourth-order valence-electron chi connectivity index (χ4n) is 0.102. The first-order chi connectivity index (χ1) is 2.41. The zero-order valence-electron chi connectivity index (χ0n) is 4.42. The molecule has 0 spiro atoms. The van der Waals surface area contributed by atoms with Crippen LogP contribution in [0.5, 0.6) is 0 Å². The van der Waals surface area contributed by atoms with Crippen LogP contribution in [0.3, 0.4) is 0 Å². The van der Waals surface area contributed by atoms with Crippen LogP contribution in [0.4, 0.5) is 0 Å². The van der Waals surface area contributed by atoms with Gasteiger partial charge in [0.1, 0.15) is 0 Å². The molecule has 0 aromatic carbocycles. The number of nitrogens with two attached hydrogens (primary N) is 1. The molecule has 0 heterocycles. The number of rotatable bonds is 2. The molecule has 0 fully saturated rings. The van der Waals surface area contributed by atoms with Gasteiger partial charge in [0.05, 0.1) is 0 Å². The third-order valence-corrected chi connectivity index (χ3v) is 1.39. The summed E-state index contributed by atoms with van der Waals surface area (Å²) in [4.78, 5) is 0. The van der Waals surface area contributed by atoms with Crippen LogP contribution in [0.2, 0.25) is 4.44 Å². The van der Waals surface area contributed by atoms with Gasteiger partial charge in [-0.2, -0.15) is 0 Å². The van der Waals surface area contributed by atoms with Crippen molar-refractivity contribution in [1.29, 1.82) is 0 Å². The van der Waals surface area contributed by atoms with Gasteiger partial charge >= 0.3 is 45.7 Å². The van der Waals surface area contributed by atoms with Crippen molar-refractivity contribution >= 4 is 73.5 Å². The van der Waals surface area contributed by atoms with Crippen molar-refractivity contribution < 1.29 is 0 Å². The molecule has 0 bridgehead atoms. The summed E-state index contributed by atoms with van der Waals surface area (Å²) in [6, 6.07) is 0. The van der Waals surface area contributed by atoms with Crippen molar-refractivity contribution in [2.24, 2.45) is 5.73 Å². The van der Waals surface area contributed by atoms with Crippen molar-refractivity contribution in [1.82, 2.24) is 0 Å². The van der Waals surface area contributed by atoms with Crippen molar-refractivity contribution in [3.8, 4) is 0 Å². The van der Waals surface area contributed by atoms with Crippen molar-refractivity contribution in [3.63, 3.8) is 0 Å². The molecule has 2 N–H and O–H groups in total. The summed E-state index contributed by atoms with van der Waals surface area (Å²) >= 11 is 1.60. The van der Waals surface area contributed by atoms with Gasteiger partial charge in [0.15, 0.2) is 0 Å². The number of hydrogen-bond acceptors (Lipinski definition) is 1.